The highest BCUT2D eigenvalue weighted by Gasteiger charge is 2.31. The molecule has 0 fully saturated rings. The van der Waals surface area contributed by atoms with Crippen molar-refractivity contribution in [3.05, 3.63) is 69.8 Å². The lowest BCUT2D eigenvalue weighted by Crippen LogP contribution is -2.20. The third-order valence-electron chi connectivity index (χ3n) is 6.22. The van der Waals surface area contributed by atoms with Gasteiger partial charge in [-0.2, -0.15) is 0 Å². The van der Waals surface area contributed by atoms with Crippen LogP contribution in [0.3, 0.4) is 0 Å². The van der Waals surface area contributed by atoms with Crippen LogP contribution in [0, 0.1) is 0 Å². The van der Waals surface area contributed by atoms with Crippen LogP contribution in [0.5, 0.6) is 0 Å². The van der Waals surface area contributed by atoms with E-state index in [0.29, 0.717) is 0 Å². The van der Waals surface area contributed by atoms with E-state index in [9.17, 15) is 14.4 Å². The second-order valence-corrected chi connectivity index (χ2v) is 14.9. The summed E-state index contributed by atoms with van der Waals surface area (Å²) >= 11 is 0. The van der Waals surface area contributed by atoms with Crippen LogP contribution in [0.2, 0.25) is 0 Å². The van der Waals surface area contributed by atoms with E-state index < -0.39 is 13.9 Å². The van der Waals surface area contributed by atoms with Crippen molar-refractivity contribution >= 4 is 7.82 Å². The van der Waals surface area contributed by atoms with Crippen molar-refractivity contribution in [2.75, 3.05) is 0 Å². The Labute approximate surface area is 207 Å². The van der Waals surface area contributed by atoms with E-state index in [1.807, 2.05) is 24.3 Å². The van der Waals surface area contributed by atoms with E-state index >= 15 is 0 Å². The Balaban J connectivity index is 2.92. The molecule has 0 aliphatic carbocycles. The van der Waals surface area contributed by atoms with Gasteiger partial charge in [0.25, 0.3) is 0 Å². The SMILES string of the molecule is CC(C)(C)c1cc(C(OP(=O)(O)O)c2cc(C(C)(C)C)cc(C(C)(C)C)c2)cc(C(C)(C)C)c1. The summed E-state index contributed by atoms with van der Waals surface area (Å²) in [6.07, 6.45) is -0.896. The third-order valence-corrected chi connectivity index (χ3v) is 6.71. The summed E-state index contributed by atoms with van der Waals surface area (Å²) < 4.78 is 17.7. The van der Waals surface area contributed by atoms with Crippen LogP contribution in [-0.2, 0) is 30.7 Å². The van der Waals surface area contributed by atoms with Crippen molar-refractivity contribution in [3.63, 3.8) is 0 Å². The van der Waals surface area contributed by atoms with E-state index in [4.69, 9.17) is 4.52 Å². The van der Waals surface area contributed by atoms with Gasteiger partial charge in [-0.1, -0.05) is 119 Å². The highest BCUT2D eigenvalue weighted by atomic mass is 31.2. The number of phosphoric ester groups is 1. The monoisotopic (exact) mass is 488 g/mol. The molecule has 0 bridgehead atoms. The Kier molecular flexibility index (Phi) is 7.80. The van der Waals surface area contributed by atoms with Crippen LogP contribution in [-0.4, -0.2) is 9.79 Å². The molecule has 0 unspecified atom stereocenters. The highest BCUT2D eigenvalue weighted by molar-refractivity contribution is 7.46. The van der Waals surface area contributed by atoms with Gasteiger partial charge in [0.05, 0.1) is 0 Å². The Morgan fingerprint density at radius 3 is 0.971 bits per heavy atom. The largest absolute Gasteiger partial charge is 0.470 e. The maximum absolute atomic E-state index is 12.2. The van der Waals surface area contributed by atoms with Gasteiger partial charge in [-0.15, -0.1) is 0 Å². The first-order chi connectivity index (χ1) is 15.0. The normalized spacial score (nSPS) is 14.1. The van der Waals surface area contributed by atoms with E-state index in [2.05, 4.69) is 95.2 Å². The highest BCUT2D eigenvalue weighted by Crippen LogP contribution is 2.47. The summed E-state index contributed by atoms with van der Waals surface area (Å²) in [6, 6.07) is 12.5. The van der Waals surface area contributed by atoms with Gasteiger partial charge in [0.1, 0.15) is 6.10 Å². The zero-order valence-corrected chi connectivity index (χ0v) is 24.1. The van der Waals surface area contributed by atoms with E-state index in [0.717, 1.165) is 33.4 Å². The smallest absolute Gasteiger partial charge is 0.303 e. The summed E-state index contributed by atoms with van der Waals surface area (Å²) in [6.45, 7) is 25.8. The van der Waals surface area contributed by atoms with Gasteiger partial charge in [0.15, 0.2) is 0 Å². The van der Waals surface area contributed by atoms with E-state index in [1.54, 1.807) is 0 Å². The maximum atomic E-state index is 12.2. The third kappa shape index (κ3) is 7.52. The lowest BCUT2D eigenvalue weighted by Gasteiger charge is -2.30. The average Bonchev–Trinajstić information content (AvgIpc) is 2.62. The summed E-state index contributed by atoms with van der Waals surface area (Å²) in [5, 5.41) is 0. The standard InChI is InChI=1S/C29H45O4P/c1-26(2,3)21-13-19(14-22(17-21)27(4,5)6)25(33-34(30,31)32)20-15-23(28(7,8)9)18-24(16-20)29(10,11)12/h13-18,25H,1-12H3,(H2,30,31,32). The fourth-order valence-electron chi connectivity index (χ4n) is 3.79. The number of hydrogen-bond donors (Lipinski definition) is 2. The Bertz CT molecular complexity index is 927. The van der Waals surface area contributed by atoms with E-state index in [1.165, 1.54) is 0 Å². The number of hydrogen-bond acceptors (Lipinski definition) is 2. The molecule has 0 saturated heterocycles. The number of benzene rings is 2. The molecule has 0 aromatic heterocycles. The second-order valence-electron chi connectivity index (χ2n) is 13.7. The molecular formula is C29H45O4P. The first kappa shape index (κ1) is 28.8. The molecule has 0 radical (unpaired) electrons. The van der Waals surface area contributed by atoms with Crippen molar-refractivity contribution in [2.45, 2.75) is 111 Å². The fraction of sp³-hybridized carbons (Fsp3) is 0.586. The molecule has 4 nitrogen and oxygen atoms in total. The first-order valence-electron chi connectivity index (χ1n) is 12.0. The number of phosphoric acid groups is 1. The molecule has 0 atom stereocenters. The van der Waals surface area contributed by atoms with Crippen LogP contribution in [0.15, 0.2) is 36.4 Å². The van der Waals surface area contributed by atoms with Crippen molar-refractivity contribution < 1.29 is 18.9 Å². The average molecular weight is 489 g/mol. The molecule has 0 heterocycles. The molecule has 0 amide bonds. The maximum Gasteiger partial charge on any atom is 0.470 e. The first-order valence-corrected chi connectivity index (χ1v) is 13.6. The van der Waals surface area contributed by atoms with Crippen molar-refractivity contribution in [2.24, 2.45) is 0 Å². The Hall–Kier alpha value is -1.45. The summed E-state index contributed by atoms with van der Waals surface area (Å²) in [7, 11) is -4.78. The van der Waals surface area contributed by atoms with Gasteiger partial charge in [-0.25, -0.2) is 4.57 Å². The van der Waals surface area contributed by atoms with Gasteiger partial charge in [0.2, 0.25) is 0 Å². The lowest BCUT2D eigenvalue weighted by molar-refractivity contribution is 0.157. The summed E-state index contributed by atoms with van der Waals surface area (Å²) in [5.41, 5.74) is 5.42. The fourth-order valence-corrected chi connectivity index (χ4v) is 4.31. The van der Waals surface area contributed by atoms with Gasteiger partial charge >= 0.3 is 7.82 Å². The minimum atomic E-state index is -4.78. The number of rotatable bonds is 4. The molecule has 0 saturated carbocycles. The zero-order chi connectivity index (χ0) is 26.5. The van der Waals surface area contributed by atoms with Crippen molar-refractivity contribution in [1.29, 1.82) is 0 Å². The van der Waals surface area contributed by atoms with Gasteiger partial charge in [-0.05, 0) is 55.0 Å². The van der Waals surface area contributed by atoms with Crippen molar-refractivity contribution in [1.82, 2.24) is 0 Å². The van der Waals surface area contributed by atoms with Gasteiger partial charge in [-0.3, -0.25) is 4.52 Å². The van der Waals surface area contributed by atoms with Crippen LogP contribution in [0.4, 0.5) is 0 Å². The van der Waals surface area contributed by atoms with Crippen LogP contribution < -0.4 is 0 Å². The molecule has 34 heavy (non-hydrogen) atoms. The lowest BCUT2D eigenvalue weighted by atomic mass is 9.77. The molecule has 2 N–H and O–H groups in total. The molecule has 0 aliphatic rings. The summed E-state index contributed by atoms with van der Waals surface area (Å²) in [4.78, 5) is 19.8. The van der Waals surface area contributed by atoms with Crippen LogP contribution in [0.25, 0.3) is 0 Å². The molecule has 5 heteroatoms. The Morgan fingerprint density at radius 2 is 0.794 bits per heavy atom. The molecular weight excluding hydrogens is 443 g/mol. The molecule has 0 spiro atoms. The minimum absolute atomic E-state index is 0.132. The molecule has 2 rings (SSSR count). The molecule has 2 aromatic rings. The van der Waals surface area contributed by atoms with Crippen LogP contribution >= 0.6 is 7.82 Å². The predicted molar refractivity (Wildman–Crippen MR) is 143 cm³/mol. The second kappa shape index (κ2) is 9.21. The molecule has 0 aliphatic heterocycles. The van der Waals surface area contributed by atoms with Crippen molar-refractivity contribution in [3.8, 4) is 0 Å². The zero-order valence-electron chi connectivity index (χ0n) is 23.2. The topological polar surface area (TPSA) is 66.8 Å². The minimum Gasteiger partial charge on any atom is -0.303 e. The Morgan fingerprint density at radius 1 is 0.559 bits per heavy atom. The molecule has 2 aromatic carbocycles. The quantitative estimate of drug-likeness (QED) is 0.427. The molecule has 190 valence electrons. The summed E-state index contributed by atoms with van der Waals surface area (Å²) in [5.74, 6) is 0. The van der Waals surface area contributed by atoms with E-state index in [-0.39, 0.29) is 21.7 Å². The predicted octanol–water partition coefficient (Wildman–Crippen LogP) is 8.08. The van der Waals surface area contributed by atoms with Gasteiger partial charge < -0.3 is 9.79 Å². The van der Waals surface area contributed by atoms with Crippen LogP contribution in [0.1, 0.15) is 123 Å². The van der Waals surface area contributed by atoms with Gasteiger partial charge in [0, 0.05) is 0 Å².